The minimum Gasteiger partial charge on any atom is -0.479 e. The van der Waals surface area contributed by atoms with Crippen molar-refractivity contribution >= 4 is 17.8 Å². The van der Waals surface area contributed by atoms with Crippen molar-refractivity contribution in [2.24, 2.45) is 5.73 Å². The van der Waals surface area contributed by atoms with E-state index in [4.69, 9.17) is 26.2 Å². The maximum absolute atomic E-state index is 10.5. The Kier molecular flexibility index (Phi) is 7.33. The van der Waals surface area contributed by atoms with Crippen LogP contribution in [0.2, 0.25) is 0 Å². The Hall–Kier alpha value is -2.65. The predicted molar refractivity (Wildman–Crippen MR) is 66.0 cm³/mol. The molecule has 7 N–H and O–H groups in total. The van der Waals surface area contributed by atoms with E-state index in [-0.39, 0.29) is 0 Å². The SMILES string of the molecule is NC(=O)C1=CC=CNC=C1.O=C(O)[C@H](O)[C@@H](O)C(=O)O. The van der Waals surface area contributed by atoms with Gasteiger partial charge in [0.15, 0.2) is 12.2 Å². The smallest absolute Gasteiger partial charge is 0.335 e. The lowest BCUT2D eigenvalue weighted by Crippen LogP contribution is -2.39. The molecule has 9 nitrogen and oxygen atoms in total. The first-order valence-electron chi connectivity index (χ1n) is 5.18. The van der Waals surface area contributed by atoms with E-state index in [2.05, 4.69) is 5.32 Å². The van der Waals surface area contributed by atoms with Gasteiger partial charge in [0.2, 0.25) is 5.91 Å². The molecule has 1 aliphatic rings. The van der Waals surface area contributed by atoms with Crippen LogP contribution in [0.15, 0.2) is 36.2 Å². The summed E-state index contributed by atoms with van der Waals surface area (Å²) in [5.74, 6) is -3.95. The monoisotopic (exact) mass is 286 g/mol. The Morgan fingerprint density at radius 1 is 1.05 bits per heavy atom. The highest BCUT2D eigenvalue weighted by Gasteiger charge is 2.29. The van der Waals surface area contributed by atoms with E-state index in [1.165, 1.54) is 0 Å². The third-order valence-corrected chi connectivity index (χ3v) is 1.92. The fourth-order valence-corrected chi connectivity index (χ4v) is 0.891. The molecule has 1 rings (SSSR count). The number of carboxylic acids is 2. The molecule has 0 bridgehead atoms. The van der Waals surface area contributed by atoms with Gasteiger partial charge in [0, 0.05) is 18.0 Å². The summed E-state index contributed by atoms with van der Waals surface area (Å²) in [6.45, 7) is 0. The fraction of sp³-hybridized carbons (Fsp3) is 0.182. The lowest BCUT2D eigenvalue weighted by atomic mass is 10.2. The molecule has 1 aliphatic heterocycles. The number of rotatable bonds is 4. The summed E-state index contributed by atoms with van der Waals surface area (Å²) in [6, 6.07) is 0. The van der Waals surface area contributed by atoms with Gasteiger partial charge in [0.1, 0.15) is 0 Å². The van der Waals surface area contributed by atoms with Gasteiger partial charge in [-0.05, 0) is 18.2 Å². The maximum atomic E-state index is 10.5. The van der Waals surface area contributed by atoms with E-state index < -0.39 is 30.1 Å². The molecule has 0 aromatic heterocycles. The lowest BCUT2D eigenvalue weighted by Gasteiger charge is -2.07. The van der Waals surface area contributed by atoms with Crippen LogP contribution in [0.1, 0.15) is 0 Å². The number of primary amides is 1. The highest BCUT2D eigenvalue weighted by molar-refractivity contribution is 5.95. The van der Waals surface area contributed by atoms with Crippen LogP contribution in [-0.4, -0.2) is 50.5 Å². The molecule has 1 amide bonds. The molecule has 2 atom stereocenters. The number of nitrogens with two attached hydrogens (primary N) is 1. The first kappa shape index (κ1) is 17.4. The van der Waals surface area contributed by atoms with Gasteiger partial charge in [-0.1, -0.05) is 0 Å². The van der Waals surface area contributed by atoms with Gasteiger partial charge in [-0.2, -0.15) is 0 Å². The zero-order valence-corrected chi connectivity index (χ0v) is 10.1. The Morgan fingerprint density at radius 2 is 1.55 bits per heavy atom. The molecule has 0 saturated heterocycles. The molecule has 1 heterocycles. The van der Waals surface area contributed by atoms with Gasteiger partial charge in [-0.15, -0.1) is 0 Å². The van der Waals surface area contributed by atoms with Crippen LogP contribution in [0, 0.1) is 0 Å². The van der Waals surface area contributed by atoms with Crippen LogP contribution >= 0.6 is 0 Å². The zero-order valence-electron chi connectivity index (χ0n) is 10.1. The molecule has 0 unspecified atom stereocenters. The van der Waals surface area contributed by atoms with E-state index in [0.717, 1.165) is 0 Å². The second-order valence-corrected chi connectivity index (χ2v) is 3.41. The van der Waals surface area contributed by atoms with E-state index in [9.17, 15) is 14.4 Å². The molecule has 0 radical (unpaired) electrons. The van der Waals surface area contributed by atoms with Gasteiger partial charge < -0.3 is 31.5 Å². The Bertz CT molecular complexity index is 449. The van der Waals surface area contributed by atoms with Gasteiger partial charge in [0.05, 0.1) is 0 Å². The van der Waals surface area contributed by atoms with Crippen molar-refractivity contribution in [1.82, 2.24) is 5.32 Å². The first-order valence-corrected chi connectivity index (χ1v) is 5.18. The third kappa shape index (κ3) is 6.33. The Balaban J connectivity index is 0.000000361. The van der Waals surface area contributed by atoms with Crippen molar-refractivity contribution in [3.63, 3.8) is 0 Å². The topological polar surface area (TPSA) is 170 Å². The first-order chi connectivity index (χ1) is 9.27. The maximum Gasteiger partial charge on any atom is 0.335 e. The molecule has 0 saturated carbocycles. The summed E-state index contributed by atoms with van der Waals surface area (Å²) < 4.78 is 0. The van der Waals surface area contributed by atoms with Crippen molar-refractivity contribution in [2.45, 2.75) is 12.2 Å². The van der Waals surface area contributed by atoms with Crippen molar-refractivity contribution < 1.29 is 34.8 Å². The molecular formula is C11H14N2O7. The van der Waals surface area contributed by atoms with Gasteiger partial charge >= 0.3 is 11.9 Å². The molecule has 0 fully saturated rings. The number of nitrogens with one attached hydrogen (secondary N) is 1. The van der Waals surface area contributed by atoms with Crippen LogP contribution in [0.3, 0.4) is 0 Å². The number of amides is 1. The number of aliphatic hydroxyl groups is 2. The third-order valence-electron chi connectivity index (χ3n) is 1.92. The average molecular weight is 286 g/mol. The normalized spacial score (nSPS) is 15.6. The molecule has 9 heteroatoms. The molecule has 0 spiro atoms. The summed E-state index contributed by atoms with van der Waals surface area (Å²) in [4.78, 5) is 30.1. The number of hydrogen-bond donors (Lipinski definition) is 6. The highest BCUT2D eigenvalue weighted by atomic mass is 16.4. The second-order valence-electron chi connectivity index (χ2n) is 3.41. The van der Waals surface area contributed by atoms with Crippen LogP contribution in [0.25, 0.3) is 0 Å². The summed E-state index contributed by atoms with van der Waals surface area (Å²) in [5.41, 5.74) is 5.52. The minimum atomic E-state index is -2.27. The number of carboxylic acid groups (broad SMARTS) is 2. The molecule has 0 aliphatic carbocycles. The minimum absolute atomic E-state index is 0.412. The largest absolute Gasteiger partial charge is 0.479 e. The number of allylic oxidation sites excluding steroid dienone is 2. The Labute approximate surface area is 113 Å². The standard InChI is InChI=1S/C7H8N2O.C4H6O6/c8-7(10)6-2-1-4-9-5-3-6;5-1(3(7)8)2(6)4(9)10/h1-5,9H,(H2,8,10);1-2,5-6H,(H,7,8)(H,9,10)/t;1-,2-/m.1/s1. The van der Waals surface area contributed by atoms with Crippen LogP contribution in [0.4, 0.5) is 0 Å². The number of hydrogen-bond acceptors (Lipinski definition) is 6. The van der Waals surface area contributed by atoms with Crippen LogP contribution < -0.4 is 11.1 Å². The van der Waals surface area contributed by atoms with E-state index >= 15 is 0 Å². The number of carbonyl (C=O) groups is 3. The van der Waals surface area contributed by atoms with Crippen molar-refractivity contribution in [3.05, 3.63) is 36.2 Å². The van der Waals surface area contributed by atoms with Crippen molar-refractivity contribution in [3.8, 4) is 0 Å². The van der Waals surface area contributed by atoms with E-state index in [1.807, 2.05) is 0 Å². The summed E-state index contributed by atoms with van der Waals surface area (Å²) in [5, 5.41) is 35.3. The molecule has 110 valence electrons. The number of aliphatic hydroxyl groups excluding tert-OH is 2. The molecule has 20 heavy (non-hydrogen) atoms. The quantitative estimate of drug-likeness (QED) is 0.341. The van der Waals surface area contributed by atoms with Crippen molar-refractivity contribution in [2.75, 3.05) is 0 Å². The van der Waals surface area contributed by atoms with Gasteiger partial charge in [-0.3, -0.25) is 4.79 Å². The average Bonchev–Trinajstić information content (AvgIpc) is 2.66. The van der Waals surface area contributed by atoms with Gasteiger partial charge in [0.25, 0.3) is 0 Å². The summed E-state index contributed by atoms with van der Waals surface area (Å²) in [6.07, 6.45) is 3.84. The predicted octanol–water partition coefficient (Wildman–Crippen LogP) is -2.09. The molecule has 0 aromatic carbocycles. The zero-order chi connectivity index (χ0) is 15.7. The van der Waals surface area contributed by atoms with E-state index in [0.29, 0.717) is 5.57 Å². The van der Waals surface area contributed by atoms with Crippen molar-refractivity contribution in [1.29, 1.82) is 0 Å². The van der Waals surface area contributed by atoms with Crippen LogP contribution in [-0.2, 0) is 14.4 Å². The van der Waals surface area contributed by atoms with Gasteiger partial charge in [-0.25, -0.2) is 9.59 Å². The Morgan fingerprint density at radius 3 is 1.95 bits per heavy atom. The number of aliphatic carboxylic acids is 2. The summed E-state index contributed by atoms with van der Waals surface area (Å²) in [7, 11) is 0. The molecule has 0 aromatic rings. The molecular weight excluding hydrogens is 272 g/mol. The second kappa shape index (κ2) is 8.45. The van der Waals surface area contributed by atoms with E-state index in [1.54, 1.807) is 30.6 Å². The fourth-order valence-electron chi connectivity index (χ4n) is 0.891. The summed E-state index contributed by atoms with van der Waals surface area (Å²) >= 11 is 0. The lowest BCUT2D eigenvalue weighted by molar-refractivity contribution is -0.165. The highest BCUT2D eigenvalue weighted by Crippen LogP contribution is 1.97. The number of carbonyl (C=O) groups excluding carboxylic acids is 1. The van der Waals surface area contributed by atoms with Crippen LogP contribution in [0.5, 0.6) is 0 Å².